The van der Waals surface area contributed by atoms with Crippen LogP contribution in [0.1, 0.15) is 11.1 Å². The summed E-state index contributed by atoms with van der Waals surface area (Å²) < 4.78 is 0. The molecule has 2 heterocycles. The van der Waals surface area contributed by atoms with E-state index >= 15 is 0 Å². The number of aromatic nitrogens is 3. The molecule has 4 aromatic rings. The van der Waals surface area contributed by atoms with E-state index in [0.29, 0.717) is 19.0 Å². The zero-order valence-corrected chi connectivity index (χ0v) is 18.5. The van der Waals surface area contributed by atoms with Crippen molar-refractivity contribution in [3.05, 3.63) is 96.4 Å². The normalized spacial score (nSPS) is 11.4. The molecule has 1 unspecified atom stereocenters. The SMILES string of the molecule is Cl.NCc1cccc(-c2cnc(NCC(N)Cc3ccccc3)nc2-c2ccncc2)c1. The number of hydrogen-bond donors (Lipinski definition) is 3. The molecule has 6 nitrogen and oxygen atoms in total. The summed E-state index contributed by atoms with van der Waals surface area (Å²) >= 11 is 0. The highest BCUT2D eigenvalue weighted by Crippen LogP contribution is 2.31. The van der Waals surface area contributed by atoms with Crippen molar-refractivity contribution < 1.29 is 0 Å². The van der Waals surface area contributed by atoms with E-state index in [-0.39, 0.29) is 18.4 Å². The van der Waals surface area contributed by atoms with Crippen LogP contribution in [0.15, 0.2) is 85.3 Å². The first-order chi connectivity index (χ1) is 15.2. The van der Waals surface area contributed by atoms with Gasteiger partial charge in [0.2, 0.25) is 5.95 Å². The van der Waals surface area contributed by atoms with E-state index in [1.54, 1.807) is 12.4 Å². The van der Waals surface area contributed by atoms with Crippen LogP contribution in [-0.4, -0.2) is 27.5 Å². The molecule has 0 saturated heterocycles. The summed E-state index contributed by atoms with van der Waals surface area (Å²) in [4.78, 5) is 13.5. The number of pyridine rings is 1. The first-order valence-corrected chi connectivity index (χ1v) is 10.3. The van der Waals surface area contributed by atoms with Crippen molar-refractivity contribution in [1.29, 1.82) is 0 Å². The van der Waals surface area contributed by atoms with Gasteiger partial charge in [0.1, 0.15) is 0 Å². The van der Waals surface area contributed by atoms with Crippen molar-refractivity contribution in [2.45, 2.75) is 19.0 Å². The third-order valence-corrected chi connectivity index (χ3v) is 5.08. The summed E-state index contributed by atoms with van der Waals surface area (Å²) in [6, 6.07) is 22.2. The standard InChI is InChI=1S/C25H26N6.ClH/c26-15-19-7-4-8-21(13-19)23-17-30-25(31-24(23)20-9-11-28-12-10-20)29-16-22(27)14-18-5-2-1-3-6-18;/h1-13,17,22H,14-16,26-27H2,(H,29,30,31);1H. The highest BCUT2D eigenvalue weighted by molar-refractivity contribution is 5.85. The van der Waals surface area contributed by atoms with Gasteiger partial charge in [0.15, 0.2) is 0 Å². The van der Waals surface area contributed by atoms with E-state index in [9.17, 15) is 0 Å². The predicted octanol–water partition coefficient (Wildman–Crippen LogP) is 4.07. The maximum Gasteiger partial charge on any atom is 0.223 e. The van der Waals surface area contributed by atoms with Crippen molar-refractivity contribution in [1.82, 2.24) is 15.0 Å². The van der Waals surface area contributed by atoms with Crippen molar-refractivity contribution >= 4 is 18.4 Å². The molecule has 0 aliphatic heterocycles. The van der Waals surface area contributed by atoms with Crippen LogP contribution in [0.2, 0.25) is 0 Å². The van der Waals surface area contributed by atoms with Crippen LogP contribution in [0.3, 0.4) is 0 Å². The summed E-state index contributed by atoms with van der Waals surface area (Å²) in [6.07, 6.45) is 6.17. The number of hydrogen-bond acceptors (Lipinski definition) is 6. The monoisotopic (exact) mass is 446 g/mol. The molecule has 0 radical (unpaired) electrons. The van der Waals surface area contributed by atoms with Gasteiger partial charge in [0, 0.05) is 48.8 Å². The zero-order valence-electron chi connectivity index (χ0n) is 17.7. The lowest BCUT2D eigenvalue weighted by atomic mass is 10.00. The Hall–Kier alpha value is -3.32. The van der Waals surface area contributed by atoms with Crippen LogP contribution in [-0.2, 0) is 13.0 Å². The Morgan fingerprint density at radius 2 is 1.62 bits per heavy atom. The molecular weight excluding hydrogens is 420 g/mol. The summed E-state index contributed by atoms with van der Waals surface area (Å²) in [5.74, 6) is 0.550. The average molecular weight is 447 g/mol. The number of anilines is 1. The number of benzene rings is 2. The van der Waals surface area contributed by atoms with Crippen LogP contribution in [0.5, 0.6) is 0 Å². The van der Waals surface area contributed by atoms with Gasteiger partial charge in [-0.2, -0.15) is 0 Å². The lowest BCUT2D eigenvalue weighted by Crippen LogP contribution is -2.31. The lowest BCUT2D eigenvalue weighted by molar-refractivity contribution is 0.696. The van der Waals surface area contributed by atoms with E-state index in [0.717, 1.165) is 34.4 Å². The maximum atomic E-state index is 6.32. The first-order valence-electron chi connectivity index (χ1n) is 10.3. The molecule has 2 aromatic heterocycles. The smallest absolute Gasteiger partial charge is 0.223 e. The molecule has 5 N–H and O–H groups in total. The van der Waals surface area contributed by atoms with Crippen molar-refractivity contribution in [2.75, 3.05) is 11.9 Å². The Bertz CT molecular complexity index is 1120. The molecule has 1 atom stereocenters. The minimum absolute atomic E-state index is 0. The number of halogens is 1. The average Bonchev–Trinajstić information content (AvgIpc) is 2.84. The number of nitrogens with two attached hydrogens (primary N) is 2. The molecule has 0 fully saturated rings. The number of nitrogens with zero attached hydrogens (tertiary/aromatic N) is 3. The van der Waals surface area contributed by atoms with Crippen LogP contribution in [0, 0.1) is 0 Å². The van der Waals surface area contributed by atoms with Gasteiger partial charge in [0.05, 0.1) is 5.69 Å². The number of nitrogens with one attached hydrogen (secondary N) is 1. The molecule has 4 rings (SSSR count). The summed E-state index contributed by atoms with van der Waals surface area (Å²) in [5.41, 5.74) is 18.2. The molecule has 32 heavy (non-hydrogen) atoms. The second-order valence-corrected chi connectivity index (χ2v) is 7.43. The fraction of sp³-hybridized carbons (Fsp3) is 0.160. The third kappa shape index (κ3) is 5.88. The maximum absolute atomic E-state index is 6.32. The van der Waals surface area contributed by atoms with Crippen LogP contribution in [0.25, 0.3) is 22.4 Å². The second kappa shape index (κ2) is 11.3. The van der Waals surface area contributed by atoms with Gasteiger partial charge in [-0.15, -0.1) is 12.4 Å². The molecule has 7 heteroatoms. The van der Waals surface area contributed by atoms with Crippen molar-refractivity contribution in [3.63, 3.8) is 0 Å². The van der Waals surface area contributed by atoms with Gasteiger partial charge >= 0.3 is 0 Å². The second-order valence-electron chi connectivity index (χ2n) is 7.43. The lowest BCUT2D eigenvalue weighted by Gasteiger charge is -2.15. The molecule has 0 spiro atoms. The predicted molar refractivity (Wildman–Crippen MR) is 132 cm³/mol. The first kappa shape index (κ1) is 23.3. The van der Waals surface area contributed by atoms with Gasteiger partial charge < -0.3 is 16.8 Å². The van der Waals surface area contributed by atoms with Gasteiger partial charge in [-0.25, -0.2) is 9.97 Å². The van der Waals surface area contributed by atoms with Crippen molar-refractivity contribution in [3.8, 4) is 22.4 Å². The molecule has 0 aliphatic carbocycles. The largest absolute Gasteiger partial charge is 0.353 e. The molecular formula is C25H27ClN6. The molecule has 0 amide bonds. The highest BCUT2D eigenvalue weighted by atomic mass is 35.5. The molecule has 0 saturated carbocycles. The van der Waals surface area contributed by atoms with Crippen molar-refractivity contribution in [2.24, 2.45) is 11.5 Å². The Balaban J connectivity index is 0.00000289. The molecule has 164 valence electrons. The highest BCUT2D eigenvalue weighted by Gasteiger charge is 2.13. The van der Waals surface area contributed by atoms with Gasteiger partial charge in [-0.05, 0) is 41.3 Å². The quantitative estimate of drug-likeness (QED) is 0.377. The third-order valence-electron chi connectivity index (χ3n) is 5.08. The van der Waals surface area contributed by atoms with Crippen LogP contribution >= 0.6 is 12.4 Å². The van der Waals surface area contributed by atoms with Gasteiger partial charge in [-0.1, -0.05) is 48.5 Å². The summed E-state index contributed by atoms with van der Waals surface area (Å²) in [5, 5.41) is 3.29. The van der Waals surface area contributed by atoms with E-state index in [1.165, 1.54) is 5.56 Å². The summed E-state index contributed by atoms with van der Waals surface area (Å²) in [7, 11) is 0. The van der Waals surface area contributed by atoms with Gasteiger partial charge in [-0.3, -0.25) is 4.98 Å². The zero-order chi connectivity index (χ0) is 21.5. The van der Waals surface area contributed by atoms with E-state index in [2.05, 4.69) is 33.5 Å². The number of rotatable bonds is 8. The van der Waals surface area contributed by atoms with Gasteiger partial charge in [0.25, 0.3) is 0 Å². The minimum Gasteiger partial charge on any atom is -0.353 e. The van der Waals surface area contributed by atoms with E-state index < -0.39 is 0 Å². The molecule has 0 aliphatic rings. The topological polar surface area (TPSA) is 103 Å². The molecule has 0 bridgehead atoms. The fourth-order valence-corrected chi connectivity index (χ4v) is 3.49. The Morgan fingerprint density at radius 1 is 0.875 bits per heavy atom. The molecule has 2 aromatic carbocycles. The Labute approximate surface area is 194 Å². The Morgan fingerprint density at radius 3 is 2.38 bits per heavy atom. The summed E-state index contributed by atoms with van der Waals surface area (Å²) in [6.45, 7) is 1.06. The minimum atomic E-state index is -0.0451. The van der Waals surface area contributed by atoms with E-state index in [4.69, 9.17) is 16.5 Å². The van der Waals surface area contributed by atoms with Crippen LogP contribution < -0.4 is 16.8 Å². The van der Waals surface area contributed by atoms with E-state index in [1.807, 2.05) is 54.7 Å². The fourth-order valence-electron chi connectivity index (χ4n) is 3.49. The Kier molecular flexibility index (Phi) is 8.27. The van der Waals surface area contributed by atoms with Crippen LogP contribution in [0.4, 0.5) is 5.95 Å².